The fraction of sp³-hybridized carbons (Fsp3) is 0.357. The van der Waals surface area contributed by atoms with Crippen LogP contribution in [0.25, 0.3) is 10.9 Å². The molecule has 84 valence electrons. The molecule has 1 N–H and O–H groups in total. The summed E-state index contributed by atoms with van der Waals surface area (Å²) in [4.78, 5) is 7.71. The molecule has 0 aliphatic carbocycles. The molecule has 0 atom stereocenters. The van der Waals surface area contributed by atoms with Gasteiger partial charge in [0.2, 0.25) is 0 Å². The number of hydrogen-bond donors (Lipinski definition) is 1. The van der Waals surface area contributed by atoms with E-state index in [1.807, 2.05) is 12.4 Å². The first-order valence-corrected chi connectivity index (χ1v) is 5.83. The highest BCUT2D eigenvalue weighted by Crippen LogP contribution is 2.15. The standard InChI is InChI=1S/C14H18N2/c1-11(2)6-8-15-10-13-5-3-4-12-7-9-16-14(12)13/h3-5,7,9-11,16H,6,8H2,1-2H3. The second-order valence-corrected chi connectivity index (χ2v) is 4.51. The lowest BCUT2D eigenvalue weighted by Crippen LogP contribution is -1.91. The smallest absolute Gasteiger partial charge is 0.0542 e. The van der Waals surface area contributed by atoms with Gasteiger partial charge in [-0.25, -0.2) is 0 Å². The highest BCUT2D eigenvalue weighted by molar-refractivity contribution is 5.97. The van der Waals surface area contributed by atoms with Crippen LogP contribution in [0.15, 0.2) is 35.5 Å². The van der Waals surface area contributed by atoms with Gasteiger partial charge < -0.3 is 4.98 Å². The summed E-state index contributed by atoms with van der Waals surface area (Å²) < 4.78 is 0. The number of nitrogens with one attached hydrogen (secondary N) is 1. The minimum absolute atomic E-state index is 0.721. The second kappa shape index (κ2) is 4.97. The van der Waals surface area contributed by atoms with Gasteiger partial charge in [0, 0.05) is 29.9 Å². The lowest BCUT2D eigenvalue weighted by molar-refractivity contribution is 0.598. The van der Waals surface area contributed by atoms with Crippen molar-refractivity contribution in [1.29, 1.82) is 0 Å². The van der Waals surface area contributed by atoms with Crippen molar-refractivity contribution in [3.63, 3.8) is 0 Å². The minimum atomic E-state index is 0.721. The summed E-state index contributed by atoms with van der Waals surface area (Å²) in [6.45, 7) is 5.36. The van der Waals surface area contributed by atoms with Gasteiger partial charge in [-0.3, -0.25) is 4.99 Å². The molecule has 0 unspecified atom stereocenters. The minimum Gasteiger partial charge on any atom is -0.361 e. The van der Waals surface area contributed by atoms with Gasteiger partial charge in [0.05, 0.1) is 5.52 Å². The van der Waals surface area contributed by atoms with E-state index in [9.17, 15) is 0 Å². The molecular weight excluding hydrogens is 196 g/mol. The van der Waals surface area contributed by atoms with Crippen molar-refractivity contribution in [3.8, 4) is 0 Å². The number of para-hydroxylation sites is 1. The molecule has 0 bridgehead atoms. The Kier molecular flexibility index (Phi) is 3.40. The lowest BCUT2D eigenvalue weighted by Gasteiger charge is -2.00. The molecule has 2 rings (SSSR count). The van der Waals surface area contributed by atoms with Crippen LogP contribution in [0.4, 0.5) is 0 Å². The van der Waals surface area contributed by atoms with E-state index >= 15 is 0 Å². The van der Waals surface area contributed by atoms with Crippen LogP contribution >= 0.6 is 0 Å². The second-order valence-electron chi connectivity index (χ2n) is 4.51. The highest BCUT2D eigenvalue weighted by atomic mass is 14.7. The summed E-state index contributed by atoms with van der Waals surface area (Å²) in [5, 5.41) is 1.24. The number of aliphatic imine (C=N–C) groups is 1. The normalized spacial score (nSPS) is 11.9. The monoisotopic (exact) mass is 214 g/mol. The van der Waals surface area contributed by atoms with Crippen LogP contribution in [0.3, 0.4) is 0 Å². The molecule has 2 heteroatoms. The van der Waals surface area contributed by atoms with E-state index in [1.54, 1.807) is 0 Å². The summed E-state index contributed by atoms with van der Waals surface area (Å²) in [6.07, 6.45) is 5.09. The van der Waals surface area contributed by atoms with Crippen LogP contribution in [0.5, 0.6) is 0 Å². The summed E-state index contributed by atoms with van der Waals surface area (Å²) >= 11 is 0. The fourth-order valence-electron chi connectivity index (χ4n) is 1.71. The van der Waals surface area contributed by atoms with Gasteiger partial charge in [-0.15, -0.1) is 0 Å². The first-order valence-electron chi connectivity index (χ1n) is 5.83. The third kappa shape index (κ3) is 2.51. The van der Waals surface area contributed by atoms with Gasteiger partial charge in [-0.1, -0.05) is 32.0 Å². The van der Waals surface area contributed by atoms with E-state index < -0.39 is 0 Å². The van der Waals surface area contributed by atoms with E-state index in [0.717, 1.165) is 18.9 Å². The number of benzene rings is 1. The van der Waals surface area contributed by atoms with E-state index in [-0.39, 0.29) is 0 Å². The van der Waals surface area contributed by atoms with E-state index in [0.29, 0.717) is 0 Å². The number of fused-ring (bicyclic) bond motifs is 1. The van der Waals surface area contributed by atoms with Crippen molar-refractivity contribution in [2.24, 2.45) is 10.9 Å². The van der Waals surface area contributed by atoms with E-state index in [1.165, 1.54) is 16.5 Å². The number of rotatable bonds is 4. The Balaban J connectivity index is 2.11. The molecule has 0 radical (unpaired) electrons. The predicted octanol–water partition coefficient (Wildman–Crippen LogP) is 3.63. The molecule has 0 saturated carbocycles. The zero-order valence-electron chi connectivity index (χ0n) is 9.90. The highest BCUT2D eigenvalue weighted by Gasteiger charge is 1.98. The van der Waals surface area contributed by atoms with Crippen LogP contribution < -0.4 is 0 Å². The molecule has 1 aromatic carbocycles. The average Bonchev–Trinajstić information content (AvgIpc) is 2.72. The predicted molar refractivity (Wildman–Crippen MR) is 70.2 cm³/mol. The van der Waals surface area contributed by atoms with Gasteiger partial charge in [-0.2, -0.15) is 0 Å². The molecule has 0 saturated heterocycles. The lowest BCUT2D eigenvalue weighted by atomic mass is 10.1. The first kappa shape index (κ1) is 10.9. The van der Waals surface area contributed by atoms with Gasteiger partial charge in [0.25, 0.3) is 0 Å². The summed E-state index contributed by atoms with van der Waals surface area (Å²) in [7, 11) is 0. The van der Waals surface area contributed by atoms with Crippen molar-refractivity contribution in [2.45, 2.75) is 20.3 Å². The summed E-state index contributed by atoms with van der Waals surface area (Å²) in [5.74, 6) is 0.721. The van der Waals surface area contributed by atoms with Gasteiger partial charge in [-0.05, 0) is 18.4 Å². The molecule has 2 aromatic rings. The van der Waals surface area contributed by atoms with Crippen molar-refractivity contribution < 1.29 is 0 Å². The number of nitrogens with zero attached hydrogens (tertiary/aromatic N) is 1. The van der Waals surface area contributed by atoms with Crippen LogP contribution in [0.2, 0.25) is 0 Å². The largest absolute Gasteiger partial charge is 0.361 e. The number of hydrogen-bond acceptors (Lipinski definition) is 1. The SMILES string of the molecule is CC(C)CCN=Cc1cccc2cc[nH]c12. The molecule has 2 nitrogen and oxygen atoms in total. The Labute approximate surface area is 96.4 Å². The van der Waals surface area contributed by atoms with Crippen molar-refractivity contribution >= 4 is 17.1 Å². The molecule has 0 amide bonds. The molecule has 0 aliphatic heterocycles. The molecule has 1 heterocycles. The summed E-state index contributed by atoms with van der Waals surface area (Å²) in [5.41, 5.74) is 2.35. The Hall–Kier alpha value is -1.57. The maximum atomic E-state index is 4.47. The molecule has 16 heavy (non-hydrogen) atoms. The maximum absolute atomic E-state index is 4.47. The molecular formula is C14H18N2. The maximum Gasteiger partial charge on any atom is 0.0542 e. The van der Waals surface area contributed by atoms with Gasteiger partial charge in [0.1, 0.15) is 0 Å². The van der Waals surface area contributed by atoms with E-state index in [4.69, 9.17) is 0 Å². The van der Waals surface area contributed by atoms with E-state index in [2.05, 4.69) is 48.1 Å². The molecule has 0 fully saturated rings. The Morgan fingerprint density at radius 2 is 2.19 bits per heavy atom. The first-order chi connectivity index (χ1) is 7.77. The molecule has 0 aliphatic rings. The summed E-state index contributed by atoms with van der Waals surface area (Å²) in [6, 6.07) is 8.36. The van der Waals surface area contributed by atoms with Gasteiger partial charge >= 0.3 is 0 Å². The molecule has 1 aromatic heterocycles. The van der Waals surface area contributed by atoms with Crippen LogP contribution in [0, 0.1) is 5.92 Å². The number of aromatic amines is 1. The Morgan fingerprint density at radius 1 is 1.31 bits per heavy atom. The van der Waals surface area contributed by atoms with Crippen molar-refractivity contribution in [2.75, 3.05) is 6.54 Å². The van der Waals surface area contributed by atoms with Crippen molar-refractivity contribution in [1.82, 2.24) is 4.98 Å². The Morgan fingerprint density at radius 3 is 3.00 bits per heavy atom. The van der Waals surface area contributed by atoms with Crippen LogP contribution in [-0.2, 0) is 0 Å². The third-order valence-electron chi connectivity index (χ3n) is 2.69. The van der Waals surface area contributed by atoms with Crippen LogP contribution in [0.1, 0.15) is 25.8 Å². The fourth-order valence-corrected chi connectivity index (χ4v) is 1.71. The van der Waals surface area contributed by atoms with Crippen molar-refractivity contribution in [3.05, 3.63) is 36.0 Å². The zero-order chi connectivity index (χ0) is 11.4. The van der Waals surface area contributed by atoms with Crippen LogP contribution in [-0.4, -0.2) is 17.7 Å². The third-order valence-corrected chi connectivity index (χ3v) is 2.69. The zero-order valence-corrected chi connectivity index (χ0v) is 9.90. The average molecular weight is 214 g/mol. The Bertz CT molecular complexity index is 480. The topological polar surface area (TPSA) is 28.1 Å². The van der Waals surface area contributed by atoms with Gasteiger partial charge in [0.15, 0.2) is 0 Å². The number of H-pyrrole nitrogens is 1. The molecule has 0 spiro atoms. The number of aromatic nitrogens is 1. The quantitative estimate of drug-likeness (QED) is 0.753.